The molecule has 1 atom stereocenters. The highest BCUT2D eigenvalue weighted by atomic mass is 32.2. The number of carbonyl (C=O) groups excluding carboxylic acids is 2. The van der Waals surface area contributed by atoms with Crippen molar-refractivity contribution in [2.75, 3.05) is 26.1 Å². The summed E-state index contributed by atoms with van der Waals surface area (Å²) in [5.41, 5.74) is 1.87. The van der Waals surface area contributed by atoms with Crippen LogP contribution in [0.25, 0.3) is 0 Å². The van der Waals surface area contributed by atoms with Crippen LogP contribution in [0.1, 0.15) is 44.6 Å². The average Bonchev–Trinajstić information content (AvgIpc) is 3.00. The van der Waals surface area contributed by atoms with Gasteiger partial charge in [-0.2, -0.15) is 0 Å². The van der Waals surface area contributed by atoms with Crippen molar-refractivity contribution in [2.24, 2.45) is 4.99 Å². The Balaban J connectivity index is 1.47. The van der Waals surface area contributed by atoms with Crippen LogP contribution in [-0.2, 0) is 16.1 Å². The summed E-state index contributed by atoms with van der Waals surface area (Å²) in [4.78, 5) is 32.9. The van der Waals surface area contributed by atoms with Gasteiger partial charge in [-0.05, 0) is 72.6 Å². The molecule has 0 aromatic heterocycles. The number of ether oxygens (including phenoxy) is 3. The number of aliphatic imine (C=N–C) groups is 1. The number of unbranched alkanes of at least 4 members (excludes halogenated alkanes) is 3. The Morgan fingerprint density at radius 3 is 2.43 bits per heavy atom. The molecule has 1 unspecified atom stereocenters. The zero-order chi connectivity index (χ0) is 29.9. The van der Waals surface area contributed by atoms with Gasteiger partial charge in [0, 0.05) is 12.1 Å². The van der Waals surface area contributed by atoms with E-state index in [-0.39, 0.29) is 24.8 Å². The number of hydrogen-bond donors (Lipinski definition) is 1. The van der Waals surface area contributed by atoms with Crippen molar-refractivity contribution in [3.8, 4) is 17.2 Å². The van der Waals surface area contributed by atoms with Crippen LogP contribution >= 0.6 is 11.8 Å². The summed E-state index contributed by atoms with van der Waals surface area (Å²) in [6.07, 6.45) is 4.50. The minimum atomic E-state index is -0.701. The highest BCUT2D eigenvalue weighted by Crippen LogP contribution is 2.33. The van der Waals surface area contributed by atoms with Crippen molar-refractivity contribution < 1.29 is 28.2 Å². The fourth-order valence-electron chi connectivity index (χ4n) is 4.36. The van der Waals surface area contributed by atoms with Crippen molar-refractivity contribution in [1.82, 2.24) is 4.90 Å². The Morgan fingerprint density at radius 2 is 1.74 bits per heavy atom. The first-order valence-corrected chi connectivity index (χ1v) is 14.8. The molecule has 3 aromatic rings. The molecule has 1 saturated heterocycles. The first-order chi connectivity index (χ1) is 20.4. The summed E-state index contributed by atoms with van der Waals surface area (Å²) in [5, 5.41) is 2.55. The van der Waals surface area contributed by atoms with Crippen LogP contribution in [0.3, 0.4) is 0 Å². The van der Waals surface area contributed by atoms with E-state index >= 15 is 0 Å². The van der Waals surface area contributed by atoms with E-state index in [1.54, 1.807) is 38.5 Å². The quantitative estimate of drug-likeness (QED) is 0.216. The van der Waals surface area contributed by atoms with E-state index < -0.39 is 11.1 Å². The maximum atomic E-state index is 13.5. The minimum Gasteiger partial charge on any atom is -0.494 e. The Labute approximate surface area is 250 Å². The normalized spacial score (nSPS) is 15.9. The molecule has 4 rings (SSSR count). The lowest BCUT2D eigenvalue weighted by Gasteiger charge is -2.32. The predicted octanol–water partition coefficient (Wildman–Crippen LogP) is 6.96. The second-order valence-corrected chi connectivity index (χ2v) is 10.9. The van der Waals surface area contributed by atoms with E-state index in [0.717, 1.165) is 24.2 Å². The number of methoxy groups -OCH3 is 2. The molecule has 0 aliphatic carbocycles. The number of amides is 2. The third-order valence-electron chi connectivity index (χ3n) is 6.66. The van der Waals surface area contributed by atoms with Gasteiger partial charge in [0.25, 0.3) is 0 Å². The summed E-state index contributed by atoms with van der Waals surface area (Å²) in [5.74, 6) is 0.902. The van der Waals surface area contributed by atoms with Gasteiger partial charge >= 0.3 is 0 Å². The zero-order valence-corrected chi connectivity index (χ0v) is 24.9. The lowest BCUT2D eigenvalue weighted by molar-refractivity contribution is -0.129. The molecule has 1 fully saturated rings. The van der Waals surface area contributed by atoms with Crippen LogP contribution in [0.2, 0.25) is 0 Å². The first-order valence-electron chi connectivity index (χ1n) is 14.0. The lowest BCUT2D eigenvalue weighted by Crippen LogP contribution is -2.44. The topological polar surface area (TPSA) is 89.5 Å². The molecule has 0 spiro atoms. The molecule has 2 amide bonds. The molecule has 1 heterocycles. The summed E-state index contributed by atoms with van der Waals surface area (Å²) in [6.45, 7) is 3.04. The molecule has 3 aromatic carbocycles. The van der Waals surface area contributed by atoms with Gasteiger partial charge in [0.15, 0.2) is 16.7 Å². The summed E-state index contributed by atoms with van der Waals surface area (Å²) in [7, 11) is 3.10. The largest absolute Gasteiger partial charge is 0.494 e. The fourth-order valence-corrected chi connectivity index (χ4v) is 5.46. The van der Waals surface area contributed by atoms with Gasteiger partial charge in [0.05, 0.1) is 33.1 Å². The highest BCUT2D eigenvalue weighted by Gasteiger charge is 2.36. The fraction of sp³-hybridized carbons (Fsp3) is 0.344. The molecule has 1 N–H and O–H groups in total. The van der Waals surface area contributed by atoms with Crippen molar-refractivity contribution in [2.45, 2.75) is 50.8 Å². The molecule has 1 aliphatic heterocycles. The molecule has 222 valence electrons. The third-order valence-corrected chi connectivity index (χ3v) is 7.85. The number of amidine groups is 1. The van der Waals surface area contributed by atoms with Crippen LogP contribution in [0.15, 0.2) is 71.7 Å². The number of anilines is 1. The molecular formula is C32H36FN3O5S. The van der Waals surface area contributed by atoms with E-state index in [9.17, 15) is 14.0 Å². The molecule has 8 nitrogen and oxygen atoms in total. The monoisotopic (exact) mass is 593 g/mol. The summed E-state index contributed by atoms with van der Waals surface area (Å²) < 4.78 is 30.1. The van der Waals surface area contributed by atoms with E-state index in [1.807, 2.05) is 18.2 Å². The van der Waals surface area contributed by atoms with Crippen molar-refractivity contribution in [1.29, 1.82) is 0 Å². The van der Waals surface area contributed by atoms with Gasteiger partial charge in [-0.1, -0.05) is 44.0 Å². The van der Waals surface area contributed by atoms with Gasteiger partial charge in [0.2, 0.25) is 11.8 Å². The van der Waals surface area contributed by atoms with E-state index in [4.69, 9.17) is 14.2 Å². The standard InChI is InChI=1S/C32H36FN3O5S/c1-4-5-6-7-18-41-26-15-13-24(14-16-26)34-31(38)29-20-30(37)36(21-22-8-17-27(39-2)28(19-22)40-3)32(42-29)35-25-11-9-23(33)10-12-25/h8-17,19,29H,4-7,18,20-21H2,1-3H3,(H,34,38). The van der Waals surface area contributed by atoms with Crippen LogP contribution in [0, 0.1) is 5.82 Å². The van der Waals surface area contributed by atoms with E-state index in [0.29, 0.717) is 34.6 Å². The van der Waals surface area contributed by atoms with Gasteiger partial charge < -0.3 is 19.5 Å². The molecule has 0 radical (unpaired) electrons. The minimum absolute atomic E-state index is 0.00875. The molecule has 42 heavy (non-hydrogen) atoms. The van der Waals surface area contributed by atoms with Crippen LogP contribution in [0.5, 0.6) is 17.2 Å². The molecule has 1 aliphatic rings. The van der Waals surface area contributed by atoms with Crippen molar-refractivity contribution in [3.63, 3.8) is 0 Å². The summed E-state index contributed by atoms with van der Waals surface area (Å²) in [6, 6.07) is 18.3. The van der Waals surface area contributed by atoms with Crippen LogP contribution in [0.4, 0.5) is 15.8 Å². The van der Waals surface area contributed by atoms with E-state index in [1.165, 1.54) is 53.8 Å². The number of benzene rings is 3. The highest BCUT2D eigenvalue weighted by molar-refractivity contribution is 8.15. The Bertz CT molecular complexity index is 1380. The number of nitrogens with one attached hydrogen (secondary N) is 1. The number of halogens is 1. The Kier molecular flexibility index (Phi) is 11.2. The zero-order valence-electron chi connectivity index (χ0n) is 24.1. The van der Waals surface area contributed by atoms with Crippen molar-refractivity contribution >= 4 is 40.1 Å². The Hall–Kier alpha value is -4.05. The van der Waals surface area contributed by atoms with Crippen LogP contribution in [-0.4, -0.2) is 48.0 Å². The van der Waals surface area contributed by atoms with Gasteiger partial charge in [-0.15, -0.1) is 0 Å². The second kappa shape index (κ2) is 15.3. The van der Waals surface area contributed by atoms with Gasteiger partial charge in [-0.25, -0.2) is 9.38 Å². The smallest absolute Gasteiger partial charge is 0.238 e. The lowest BCUT2D eigenvalue weighted by atomic mass is 10.1. The molecular weight excluding hydrogens is 557 g/mol. The van der Waals surface area contributed by atoms with Crippen LogP contribution < -0.4 is 19.5 Å². The third kappa shape index (κ3) is 8.48. The van der Waals surface area contributed by atoms with Crippen molar-refractivity contribution in [3.05, 3.63) is 78.1 Å². The first kappa shape index (κ1) is 30.9. The predicted molar refractivity (Wildman–Crippen MR) is 164 cm³/mol. The second-order valence-electron chi connectivity index (χ2n) is 9.77. The maximum Gasteiger partial charge on any atom is 0.238 e. The van der Waals surface area contributed by atoms with Gasteiger partial charge in [0.1, 0.15) is 16.8 Å². The molecule has 10 heteroatoms. The van der Waals surface area contributed by atoms with E-state index in [2.05, 4.69) is 17.2 Å². The number of carbonyl (C=O) groups is 2. The molecule has 0 bridgehead atoms. The Morgan fingerprint density at radius 1 is 1.00 bits per heavy atom. The molecule has 0 saturated carbocycles. The summed E-state index contributed by atoms with van der Waals surface area (Å²) >= 11 is 1.20. The number of nitrogens with zero attached hydrogens (tertiary/aromatic N) is 2. The average molecular weight is 594 g/mol. The SMILES string of the molecule is CCCCCCOc1ccc(NC(=O)C2CC(=O)N(Cc3ccc(OC)c(OC)c3)C(=Nc3ccc(F)cc3)S2)cc1. The number of rotatable bonds is 13. The van der Waals surface area contributed by atoms with Gasteiger partial charge in [-0.3, -0.25) is 14.5 Å². The number of thioether (sulfide) groups is 1. The maximum absolute atomic E-state index is 13.5. The number of hydrogen-bond acceptors (Lipinski definition) is 7.